The normalized spacial score (nSPS) is 16.9. The number of aromatic amines is 1. The topological polar surface area (TPSA) is 80.3 Å². The number of allylic oxidation sites excluding steroid dienone is 2. The van der Waals surface area contributed by atoms with E-state index in [1.165, 1.54) is 12.3 Å². The molecule has 0 radical (unpaired) electrons. The molecule has 240 valence electrons. The van der Waals surface area contributed by atoms with Crippen LogP contribution in [-0.2, 0) is 9.53 Å². The first kappa shape index (κ1) is 31.5. The van der Waals surface area contributed by atoms with E-state index in [9.17, 15) is 22.4 Å². The van der Waals surface area contributed by atoms with Crippen LogP contribution in [0.2, 0.25) is 0 Å². The molecule has 0 unspecified atom stereocenters. The quantitative estimate of drug-likeness (QED) is 0.106. The molecule has 1 amide bonds. The number of amides is 1. The Balaban J connectivity index is 1.21. The first-order valence-corrected chi connectivity index (χ1v) is 15.3. The molecule has 2 fully saturated rings. The van der Waals surface area contributed by atoms with Crippen LogP contribution in [0.25, 0.3) is 22.0 Å². The van der Waals surface area contributed by atoms with Gasteiger partial charge in [0.25, 0.3) is 0 Å². The molecule has 0 atom stereocenters. The Morgan fingerprint density at radius 3 is 2.48 bits per heavy atom. The fraction of sp³-hybridized carbons (Fsp3) is 0.343. The Hall–Kier alpha value is -4.51. The average molecular weight is 635 g/mol. The third-order valence-corrected chi connectivity index (χ3v) is 8.53. The zero-order valence-corrected chi connectivity index (χ0v) is 25.2. The van der Waals surface area contributed by atoms with Crippen molar-refractivity contribution >= 4 is 28.0 Å². The highest BCUT2D eigenvalue weighted by Gasteiger charge is 2.42. The van der Waals surface area contributed by atoms with Crippen LogP contribution in [0.3, 0.4) is 0 Å². The summed E-state index contributed by atoms with van der Waals surface area (Å²) in [7, 11) is 0. The van der Waals surface area contributed by atoms with Gasteiger partial charge in [-0.1, -0.05) is 42.5 Å². The van der Waals surface area contributed by atoms with E-state index in [1.807, 2.05) is 6.08 Å². The molecule has 46 heavy (non-hydrogen) atoms. The van der Waals surface area contributed by atoms with Gasteiger partial charge < -0.3 is 14.4 Å². The van der Waals surface area contributed by atoms with Gasteiger partial charge in [-0.05, 0) is 72.2 Å². The average Bonchev–Trinajstić information content (AvgIpc) is 3.75. The number of pyridine rings is 1. The van der Waals surface area contributed by atoms with Crippen LogP contribution in [0.5, 0.6) is 5.88 Å². The van der Waals surface area contributed by atoms with Crippen molar-refractivity contribution in [3.63, 3.8) is 0 Å². The number of ether oxygens (including phenoxy) is 2. The SMILES string of the molecule is O=C(/C=C/CCC1(COc2ccc(/C(=C(/CC(F)(F)F)c3ccccc3)c3ccc4n[nH]c(F)c4c3)cn2)CC1)N1CCOCC1. The predicted molar refractivity (Wildman–Crippen MR) is 166 cm³/mol. The Morgan fingerprint density at radius 1 is 1.02 bits per heavy atom. The minimum Gasteiger partial charge on any atom is -0.477 e. The molecule has 0 spiro atoms. The molecule has 1 aliphatic heterocycles. The van der Waals surface area contributed by atoms with Crippen molar-refractivity contribution in [3.05, 3.63) is 102 Å². The lowest BCUT2D eigenvalue weighted by molar-refractivity contribution is -0.130. The maximum atomic E-state index is 14.5. The number of morpholine rings is 1. The number of carbonyl (C=O) groups excluding carboxylic acids is 1. The number of H-pyrrole nitrogens is 1. The van der Waals surface area contributed by atoms with Gasteiger partial charge in [-0.25, -0.2) is 4.98 Å². The Labute approximate surface area is 263 Å². The standard InChI is InChI=1S/C35H34F4N4O3/c36-33-27-20-25(9-11-29(27)41-42-33)32(28(21-35(37,38)39)24-6-2-1-3-7-24)26-10-12-30(40-22-26)46-23-34(14-15-34)13-5-4-8-31(44)43-16-18-45-19-17-43/h1-4,6-12,20,22H,5,13-19,21,23H2,(H,41,42)/b8-4+,32-28-. The van der Waals surface area contributed by atoms with Crippen LogP contribution >= 0.6 is 0 Å². The van der Waals surface area contributed by atoms with E-state index in [0.717, 1.165) is 25.7 Å². The van der Waals surface area contributed by atoms with Crippen molar-refractivity contribution in [3.8, 4) is 5.88 Å². The lowest BCUT2D eigenvalue weighted by atomic mass is 9.88. The van der Waals surface area contributed by atoms with Crippen LogP contribution in [0.4, 0.5) is 17.6 Å². The number of carbonyl (C=O) groups is 1. The maximum Gasteiger partial charge on any atom is 0.393 e. The number of rotatable bonds is 11. The van der Waals surface area contributed by atoms with E-state index in [2.05, 4.69) is 15.2 Å². The summed E-state index contributed by atoms with van der Waals surface area (Å²) in [5.74, 6) is -0.299. The number of nitrogens with one attached hydrogen (secondary N) is 1. The van der Waals surface area contributed by atoms with E-state index in [1.54, 1.807) is 65.6 Å². The van der Waals surface area contributed by atoms with Gasteiger partial charge in [0.1, 0.15) is 0 Å². The molecule has 1 aliphatic carbocycles. The Bertz CT molecular complexity index is 1720. The molecule has 6 rings (SSSR count). The zero-order valence-electron chi connectivity index (χ0n) is 25.2. The first-order chi connectivity index (χ1) is 22.2. The molecular formula is C35H34F4N4O3. The highest BCUT2D eigenvalue weighted by molar-refractivity contribution is 6.00. The molecule has 3 heterocycles. The number of hydrogen-bond acceptors (Lipinski definition) is 5. The molecule has 2 aliphatic rings. The van der Waals surface area contributed by atoms with Crippen molar-refractivity contribution < 1.29 is 31.8 Å². The van der Waals surface area contributed by atoms with Crippen molar-refractivity contribution in [2.75, 3.05) is 32.9 Å². The van der Waals surface area contributed by atoms with Crippen LogP contribution in [-0.4, -0.2) is 65.1 Å². The van der Waals surface area contributed by atoms with Crippen molar-refractivity contribution in [2.24, 2.45) is 5.41 Å². The monoisotopic (exact) mass is 634 g/mol. The van der Waals surface area contributed by atoms with E-state index in [0.29, 0.717) is 66.6 Å². The lowest BCUT2D eigenvalue weighted by Crippen LogP contribution is -2.39. The van der Waals surface area contributed by atoms with Crippen molar-refractivity contribution in [1.29, 1.82) is 0 Å². The van der Waals surface area contributed by atoms with Crippen molar-refractivity contribution in [1.82, 2.24) is 20.1 Å². The summed E-state index contributed by atoms with van der Waals surface area (Å²) in [6, 6.07) is 16.4. The van der Waals surface area contributed by atoms with E-state index in [4.69, 9.17) is 9.47 Å². The van der Waals surface area contributed by atoms with E-state index >= 15 is 0 Å². The van der Waals surface area contributed by atoms with Crippen LogP contribution < -0.4 is 4.74 Å². The summed E-state index contributed by atoms with van der Waals surface area (Å²) in [6.45, 7) is 2.80. The van der Waals surface area contributed by atoms with Gasteiger partial charge >= 0.3 is 6.18 Å². The largest absolute Gasteiger partial charge is 0.477 e. The maximum absolute atomic E-state index is 14.5. The molecular weight excluding hydrogens is 600 g/mol. The molecule has 4 aromatic rings. The number of benzene rings is 2. The molecule has 1 N–H and O–H groups in total. The third kappa shape index (κ3) is 7.64. The second-order valence-electron chi connectivity index (χ2n) is 11.8. The molecule has 2 aromatic heterocycles. The second kappa shape index (κ2) is 13.5. The van der Waals surface area contributed by atoms with Gasteiger partial charge in [0.2, 0.25) is 17.7 Å². The minimum absolute atomic E-state index is 0.00239. The molecule has 7 nitrogen and oxygen atoms in total. The van der Waals surface area contributed by atoms with Gasteiger partial charge in [0.15, 0.2) is 0 Å². The van der Waals surface area contributed by atoms with Crippen molar-refractivity contribution in [2.45, 2.75) is 38.3 Å². The molecule has 1 saturated carbocycles. The fourth-order valence-electron chi connectivity index (χ4n) is 5.77. The molecule has 0 bridgehead atoms. The Kier molecular flexibility index (Phi) is 9.21. The highest BCUT2D eigenvalue weighted by atomic mass is 19.4. The number of hydrogen-bond donors (Lipinski definition) is 1. The summed E-state index contributed by atoms with van der Waals surface area (Å²) in [6.07, 6.45) is 3.00. The minimum atomic E-state index is -4.50. The van der Waals surface area contributed by atoms with E-state index < -0.39 is 18.5 Å². The van der Waals surface area contributed by atoms with Gasteiger partial charge in [-0.15, -0.1) is 0 Å². The first-order valence-electron chi connectivity index (χ1n) is 15.3. The summed E-state index contributed by atoms with van der Waals surface area (Å²) < 4.78 is 67.8. The summed E-state index contributed by atoms with van der Waals surface area (Å²) in [4.78, 5) is 18.6. The molecule has 1 saturated heterocycles. The summed E-state index contributed by atoms with van der Waals surface area (Å²) in [5, 5.41) is 6.38. The zero-order chi connectivity index (χ0) is 32.1. The Morgan fingerprint density at radius 2 is 1.78 bits per heavy atom. The van der Waals surface area contributed by atoms with Crippen LogP contribution in [0.1, 0.15) is 48.8 Å². The lowest BCUT2D eigenvalue weighted by Gasteiger charge is -2.25. The number of fused-ring (bicyclic) bond motifs is 1. The third-order valence-electron chi connectivity index (χ3n) is 8.53. The van der Waals surface area contributed by atoms with Crippen LogP contribution in [0, 0.1) is 11.4 Å². The number of halogens is 4. The number of aromatic nitrogens is 3. The van der Waals surface area contributed by atoms with Gasteiger partial charge in [0.05, 0.1) is 37.1 Å². The van der Waals surface area contributed by atoms with Gasteiger partial charge in [0, 0.05) is 36.3 Å². The number of nitrogens with zero attached hydrogens (tertiary/aromatic N) is 3. The number of alkyl halides is 3. The van der Waals surface area contributed by atoms with Gasteiger partial charge in [-0.3, -0.25) is 9.89 Å². The molecule has 2 aromatic carbocycles. The smallest absolute Gasteiger partial charge is 0.393 e. The second-order valence-corrected chi connectivity index (χ2v) is 11.8. The summed E-state index contributed by atoms with van der Waals surface area (Å²) >= 11 is 0. The predicted octanol–water partition coefficient (Wildman–Crippen LogP) is 7.36. The fourth-order valence-corrected chi connectivity index (χ4v) is 5.77. The van der Waals surface area contributed by atoms with Crippen LogP contribution in [0.15, 0.2) is 79.0 Å². The molecule has 11 heteroatoms. The highest BCUT2D eigenvalue weighted by Crippen LogP contribution is 2.50. The van der Waals surface area contributed by atoms with Gasteiger partial charge in [-0.2, -0.15) is 22.7 Å². The summed E-state index contributed by atoms with van der Waals surface area (Å²) in [5.41, 5.74) is 1.96. The van der Waals surface area contributed by atoms with E-state index in [-0.39, 0.29) is 22.3 Å².